The average molecular weight is 256 g/mol. The Morgan fingerprint density at radius 3 is 2.06 bits per heavy atom. The summed E-state index contributed by atoms with van der Waals surface area (Å²) in [5.74, 6) is -0.668. The van der Waals surface area contributed by atoms with Crippen LogP contribution in [0.4, 0.5) is 17.3 Å². The molecule has 0 saturated heterocycles. The summed E-state index contributed by atoms with van der Waals surface area (Å²) in [5.41, 5.74) is 0. The molecule has 9 heteroatoms. The van der Waals surface area contributed by atoms with Gasteiger partial charge >= 0.3 is 6.98 Å². The number of hydrogen-bond donors (Lipinski definition) is 1. The van der Waals surface area contributed by atoms with E-state index in [-0.39, 0.29) is 0 Å². The summed E-state index contributed by atoms with van der Waals surface area (Å²) in [5, 5.41) is 0. The molecule has 0 amide bonds. The Bertz CT molecular complexity index is 456. The molecule has 0 radical (unpaired) electrons. The van der Waals surface area contributed by atoms with Gasteiger partial charge in [-0.15, -0.1) is 0 Å². The minimum Gasteiger partial charge on any atom is -0.448 e. The zero-order valence-electron chi connectivity index (χ0n) is 7.83. The molecule has 0 unspecified atom stereocenters. The predicted molar refractivity (Wildman–Crippen MR) is 50.7 cm³/mol. The fourth-order valence-corrected chi connectivity index (χ4v) is 1.97. The van der Waals surface area contributed by atoms with Gasteiger partial charge in [-0.3, -0.25) is 0 Å². The minimum atomic E-state index is -5.24. The first-order valence-corrected chi connectivity index (χ1v) is 5.65. The summed E-state index contributed by atoms with van der Waals surface area (Å²) in [4.78, 5) is -0.408. The largest absolute Gasteiger partial charge is 0.492 e. The Kier molecular flexibility index (Phi) is 3.59. The summed E-state index contributed by atoms with van der Waals surface area (Å²) in [7, 11) is -4.23. The fraction of sp³-hybridized carbons (Fsp3) is 0.143. The first kappa shape index (κ1) is 13.0. The molecule has 0 fully saturated rings. The molecular formula is C7H7BF4NO2S-. The van der Waals surface area contributed by atoms with Crippen LogP contribution in [-0.2, 0) is 10.0 Å². The van der Waals surface area contributed by atoms with Crippen LogP contribution in [0.2, 0.25) is 0 Å². The lowest BCUT2D eigenvalue weighted by molar-refractivity contribution is 0.465. The second kappa shape index (κ2) is 4.42. The molecular weight excluding hydrogens is 249 g/mol. The average Bonchev–Trinajstić information content (AvgIpc) is 2.15. The highest BCUT2D eigenvalue weighted by Gasteiger charge is 2.26. The van der Waals surface area contributed by atoms with Crippen molar-refractivity contribution in [3.8, 4) is 0 Å². The zero-order chi connectivity index (χ0) is 12.4. The van der Waals surface area contributed by atoms with E-state index in [9.17, 15) is 25.8 Å². The Hall–Kier alpha value is -1.09. The molecule has 3 nitrogen and oxygen atoms in total. The normalized spacial score (nSPS) is 12.8. The first-order valence-electron chi connectivity index (χ1n) is 4.17. The third-order valence-corrected chi connectivity index (χ3v) is 3.07. The van der Waals surface area contributed by atoms with Crippen LogP contribution in [0.1, 0.15) is 0 Å². The second-order valence-corrected chi connectivity index (χ2v) is 4.78. The summed E-state index contributed by atoms with van der Waals surface area (Å²) in [6.07, 6.45) is -1.60. The maximum absolute atomic E-state index is 12.5. The zero-order valence-corrected chi connectivity index (χ0v) is 8.65. The Morgan fingerprint density at radius 2 is 1.62 bits per heavy atom. The third-order valence-electron chi connectivity index (χ3n) is 1.63. The van der Waals surface area contributed by atoms with Gasteiger partial charge in [0, 0.05) is 0 Å². The highest BCUT2D eigenvalue weighted by Crippen LogP contribution is 2.12. The van der Waals surface area contributed by atoms with Crippen LogP contribution >= 0.6 is 0 Å². The predicted octanol–water partition coefficient (Wildman–Crippen LogP) is 1.49. The van der Waals surface area contributed by atoms with Crippen molar-refractivity contribution in [3.05, 3.63) is 30.1 Å². The number of halogens is 4. The fourth-order valence-electron chi connectivity index (χ4n) is 0.901. The molecule has 0 aliphatic rings. The van der Waals surface area contributed by atoms with Gasteiger partial charge in [-0.25, -0.2) is 17.5 Å². The molecule has 1 N–H and O–H groups in total. The first-order chi connectivity index (χ1) is 7.21. The van der Waals surface area contributed by atoms with Crippen LogP contribution < -0.4 is 4.72 Å². The van der Waals surface area contributed by atoms with Crippen LogP contribution in [0.25, 0.3) is 0 Å². The van der Waals surface area contributed by atoms with Crippen LogP contribution in [0.15, 0.2) is 29.2 Å². The molecule has 0 atom stereocenters. The summed E-state index contributed by atoms with van der Waals surface area (Å²) in [6, 6.07) is 3.49. The molecule has 1 rings (SSSR count). The number of nitrogens with one attached hydrogen (secondary N) is 1. The van der Waals surface area contributed by atoms with Gasteiger partial charge in [0.1, 0.15) is 5.82 Å². The number of benzene rings is 1. The minimum absolute atomic E-state index is 0.408. The van der Waals surface area contributed by atoms with Crippen molar-refractivity contribution < 1.29 is 25.8 Å². The topological polar surface area (TPSA) is 46.2 Å². The van der Waals surface area contributed by atoms with Gasteiger partial charge < -0.3 is 12.9 Å². The van der Waals surface area contributed by atoms with Crippen LogP contribution in [-0.4, -0.2) is 21.8 Å². The van der Waals surface area contributed by atoms with Crippen LogP contribution in [0.3, 0.4) is 0 Å². The lowest BCUT2D eigenvalue weighted by atomic mass is 9.93. The quantitative estimate of drug-likeness (QED) is 0.655. The molecule has 0 aliphatic heterocycles. The van der Waals surface area contributed by atoms with Crippen molar-refractivity contribution in [1.29, 1.82) is 0 Å². The summed E-state index contributed by atoms with van der Waals surface area (Å²) in [6.45, 7) is -5.24. The van der Waals surface area contributed by atoms with Crippen molar-refractivity contribution in [1.82, 2.24) is 4.72 Å². The SMILES string of the molecule is O=S(=O)(NC[B-](F)(F)F)c1ccc(F)cc1. The Balaban J connectivity index is 2.83. The van der Waals surface area contributed by atoms with Gasteiger partial charge in [-0.1, -0.05) is 0 Å². The monoisotopic (exact) mass is 256 g/mol. The molecule has 16 heavy (non-hydrogen) atoms. The van der Waals surface area contributed by atoms with E-state index in [0.29, 0.717) is 0 Å². The van der Waals surface area contributed by atoms with E-state index in [4.69, 9.17) is 0 Å². The highest BCUT2D eigenvalue weighted by atomic mass is 32.2. The number of rotatable bonds is 4. The Labute approximate surface area is 89.6 Å². The Morgan fingerprint density at radius 1 is 1.12 bits per heavy atom. The van der Waals surface area contributed by atoms with Gasteiger partial charge in [0.15, 0.2) is 0 Å². The molecule has 0 bridgehead atoms. The standard InChI is InChI=1S/C7H7BF4NO2S/c9-6-1-3-7(4-2-6)16(14,15)13-5-8(10,11)12/h1-4,13H,5H2/q-1. The van der Waals surface area contributed by atoms with Crippen molar-refractivity contribution in [2.75, 3.05) is 6.44 Å². The van der Waals surface area contributed by atoms with Crippen LogP contribution in [0, 0.1) is 5.82 Å². The molecule has 0 aliphatic carbocycles. The van der Waals surface area contributed by atoms with E-state index in [1.165, 1.54) is 4.72 Å². The number of sulfonamides is 1. The molecule has 0 aromatic heterocycles. The van der Waals surface area contributed by atoms with Gasteiger partial charge in [0.2, 0.25) is 10.0 Å². The van der Waals surface area contributed by atoms with Gasteiger partial charge in [0.05, 0.1) is 4.90 Å². The second-order valence-electron chi connectivity index (χ2n) is 3.02. The summed E-state index contributed by atoms with van der Waals surface area (Å²) < 4.78 is 71.9. The maximum Gasteiger partial charge on any atom is 0.492 e. The van der Waals surface area contributed by atoms with E-state index in [2.05, 4.69) is 0 Å². The molecule has 1 aromatic rings. The van der Waals surface area contributed by atoms with Crippen molar-refractivity contribution in [2.45, 2.75) is 4.90 Å². The van der Waals surface area contributed by atoms with Gasteiger partial charge in [-0.05, 0) is 30.7 Å². The smallest absolute Gasteiger partial charge is 0.448 e. The van der Waals surface area contributed by atoms with Crippen molar-refractivity contribution >= 4 is 17.0 Å². The lowest BCUT2D eigenvalue weighted by Gasteiger charge is -2.14. The molecule has 0 heterocycles. The third kappa shape index (κ3) is 3.82. The lowest BCUT2D eigenvalue weighted by Crippen LogP contribution is -2.37. The van der Waals surface area contributed by atoms with E-state index in [0.717, 1.165) is 24.3 Å². The summed E-state index contributed by atoms with van der Waals surface area (Å²) >= 11 is 0. The molecule has 0 spiro atoms. The van der Waals surface area contributed by atoms with Crippen molar-refractivity contribution in [3.63, 3.8) is 0 Å². The van der Waals surface area contributed by atoms with Gasteiger partial charge in [0.25, 0.3) is 0 Å². The molecule has 0 saturated carbocycles. The van der Waals surface area contributed by atoms with Crippen molar-refractivity contribution in [2.24, 2.45) is 0 Å². The van der Waals surface area contributed by atoms with E-state index >= 15 is 0 Å². The van der Waals surface area contributed by atoms with Gasteiger partial charge in [-0.2, -0.15) is 0 Å². The maximum atomic E-state index is 12.5. The highest BCUT2D eigenvalue weighted by molar-refractivity contribution is 7.89. The molecule has 90 valence electrons. The van der Waals surface area contributed by atoms with E-state index in [1.807, 2.05) is 0 Å². The van der Waals surface area contributed by atoms with E-state index < -0.39 is 34.2 Å². The van der Waals surface area contributed by atoms with E-state index in [1.54, 1.807) is 0 Å². The van der Waals surface area contributed by atoms with Crippen LogP contribution in [0.5, 0.6) is 0 Å². The molecule has 1 aromatic carbocycles. The number of hydrogen-bond acceptors (Lipinski definition) is 2.